The van der Waals surface area contributed by atoms with Crippen molar-refractivity contribution in [3.05, 3.63) is 47.2 Å². The van der Waals surface area contributed by atoms with E-state index in [1.165, 1.54) is 0 Å². The van der Waals surface area contributed by atoms with Gasteiger partial charge in [0.25, 0.3) is 0 Å². The predicted octanol–water partition coefficient (Wildman–Crippen LogP) is 2.34. The molecule has 1 amide bonds. The van der Waals surface area contributed by atoms with Crippen LogP contribution in [0.3, 0.4) is 0 Å². The van der Waals surface area contributed by atoms with Crippen molar-refractivity contribution >= 4 is 16.9 Å². The number of carbonyl (C=O) groups excluding carboxylic acids is 1. The summed E-state index contributed by atoms with van der Waals surface area (Å²) in [6, 6.07) is 9.97. The lowest BCUT2D eigenvalue weighted by Gasteiger charge is -2.32. The van der Waals surface area contributed by atoms with Crippen molar-refractivity contribution in [1.82, 2.24) is 29.9 Å². The first-order chi connectivity index (χ1) is 16.0. The molecule has 0 saturated carbocycles. The summed E-state index contributed by atoms with van der Waals surface area (Å²) in [5.41, 5.74) is 4.68. The molecule has 0 spiro atoms. The number of nitrogens with zero attached hydrogens (tertiary/aromatic N) is 5. The highest BCUT2D eigenvalue weighted by Crippen LogP contribution is 2.31. The summed E-state index contributed by atoms with van der Waals surface area (Å²) in [6.07, 6.45) is 0.979. The van der Waals surface area contributed by atoms with Gasteiger partial charge in [-0.05, 0) is 45.0 Å². The topological polar surface area (TPSA) is 75.5 Å². The summed E-state index contributed by atoms with van der Waals surface area (Å²) in [5, 5.41) is 8.82. The predicted molar refractivity (Wildman–Crippen MR) is 130 cm³/mol. The van der Waals surface area contributed by atoms with Crippen LogP contribution in [0.15, 0.2) is 30.3 Å². The molecule has 176 valence electrons. The van der Waals surface area contributed by atoms with E-state index in [1.54, 1.807) is 7.11 Å². The fourth-order valence-corrected chi connectivity index (χ4v) is 4.50. The molecule has 3 heterocycles. The molecular weight excluding hydrogens is 416 g/mol. The number of para-hydroxylation sites is 1. The standard InChI is InChI=1S/C25H34N6O2/c1-18-21(10-11-22(32)26-12-13-30-16-14-29(3)15-17-30)25(33-4)27-24-23(18)19(2)28-31(24)20-8-6-5-7-9-20/h5-9H,10-17H2,1-4H3,(H,26,32). The first-order valence-electron chi connectivity index (χ1n) is 11.6. The van der Waals surface area contributed by atoms with Gasteiger partial charge < -0.3 is 15.0 Å². The lowest BCUT2D eigenvalue weighted by molar-refractivity contribution is -0.121. The first-order valence-corrected chi connectivity index (χ1v) is 11.6. The van der Waals surface area contributed by atoms with Crippen LogP contribution in [-0.2, 0) is 11.2 Å². The van der Waals surface area contributed by atoms with Crippen LogP contribution in [0.4, 0.5) is 0 Å². The van der Waals surface area contributed by atoms with Crippen LogP contribution < -0.4 is 10.1 Å². The molecule has 1 aliphatic heterocycles. The smallest absolute Gasteiger partial charge is 0.220 e. The minimum Gasteiger partial charge on any atom is -0.481 e. The average Bonchev–Trinajstić information content (AvgIpc) is 3.16. The quantitative estimate of drug-likeness (QED) is 0.568. The van der Waals surface area contributed by atoms with Crippen LogP contribution in [0.1, 0.15) is 23.2 Å². The second-order valence-electron chi connectivity index (χ2n) is 8.75. The Kier molecular flexibility index (Phi) is 7.25. The van der Waals surface area contributed by atoms with Crippen LogP contribution in [-0.4, -0.2) is 83.9 Å². The summed E-state index contributed by atoms with van der Waals surface area (Å²) < 4.78 is 7.50. The molecule has 4 rings (SSSR count). The Hall–Kier alpha value is -2.97. The van der Waals surface area contributed by atoms with E-state index in [0.717, 1.165) is 66.3 Å². The third-order valence-electron chi connectivity index (χ3n) is 6.47. The van der Waals surface area contributed by atoms with Crippen LogP contribution in [0.25, 0.3) is 16.7 Å². The van der Waals surface area contributed by atoms with Crippen molar-refractivity contribution in [2.24, 2.45) is 0 Å². The summed E-state index contributed by atoms with van der Waals surface area (Å²) in [7, 11) is 3.78. The van der Waals surface area contributed by atoms with Crippen molar-refractivity contribution in [3.8, 4) is 11.6 Å². The molecule has 33 heavy (non-hydrogen) atoms. The van der Waals surface area contributed by atoms with Crippen molar-refractivity contribution in [2.45, 2.75) is 26.7 Å². The maximum Gasteiger partial charge on any atom is 0.220 e. The van der Waals surface area contributed by atoms with Gasteiger partial charge in [-0.3, -0.25) is 9.69 Å². The van der Waals surface area contributed by atoms with E-state index in [4.69, 9.17) is 14.8 Å². The Bertz CT molecular complexity index is 1100. The largest absolute Gasteiger partial charge is 0.481 e. The lowest BCUT2D eigenvalue weighted by Crippen LogP contribution is -2.46. The van der Waals surface area contributed by atoms with Gasteiger partial charge in [-0.1, -0.05) is 18.2 Å². The number of benzene rings is 1. The molecule has 1 aromatic carbocycles. The van der Waals surface area contributed by atoms with Gasteiger partial charge in [0.2, 0.25) is 11.8 Å². The number of nitrogens with one attached hydrogen (secondary N) is 1. The SMILES string of the molecule is COc1nc2c(c(C)nn2-c2ccccc2)c(C)c1CCC(=O)NCCN1CCN(C)CC1. The highest BCUT2D eigenvalue weighted by molar-refractivity contribution is 5.85. The molecule has 0 aliphatic carbocycles. The Labute approximate surface area is 195 Å². The fourth-order valence-electron chi connectivity index (χ4n) is 4.50. The lowest BCUT2D eigenvalue weighted by atomic mass is 10.0. The van der Waals surface area contributed by atoms with E-state index in [0.29, 0.717) is 25.3 Å². The number of methoxy groups -OCH3 is 1. The van der Waals surface area contributed by atoms with Gasteiger partial charge in [-0.2, -0.15) is 10.1 Å². The fraction of sp³-hybridized carbons (Fsp3) is 0.480. The monoisotopic (exact) mass is 450 g/mol. The number of amides is 1. The number of aryl methyl sites for hydroxylation is 2. The van der Waals surface area contributed by atoms with E-state index in [-0.39, 0.29) is 5.91 Å². The third kappa shape index (κ3) is 5.17. The zero-order valence-corrected chi connectivity index (χ0v) is 20.1. The van der Waals surface area contributed by atoms with Gasteiger partial charge in [0.05, 0.1) is 18.5 Å². The van der Waals surface area contributed by atoms with Gasteiger partial charge >= 0.3 is 0 Å². The number of ether oxygens (including phenoxy) is 1. The second kappa shape index (κ2) is 10.3. The van der Waals surface area contributed by atoms with E-state index < -0.39 is 0 Å². The molecule has 1 fully saturated rings. The average molecular weight is 451 g/mol. The normalized spacial score (nSPS) is 15.2. The van der Waals surface area contributed by atoms with Crippen molar-refractivity contribution < 1.29 is 9.53 Å². The maximum absolute atomic E-state index is 12.5. The molecule has 1 aliphatic rings. The van der Waals surface area contributed by atoms with E-state index in [9.17, 15) is 4.79 Å². The van der Waals surface area contributed by atoms with Crippen LogP contribution in [0.5, 0.6) is 5.88 Å². The molecular formula is C25H34N6O2. The Morgan fingerprint density at radius 2 is 1.85 bits per heavy atom. The molecule has 0 radical (unpaired) electrons. The summed E-state index contributed by atoms with van der Waals surface area (Å²) in [4.78, 5) is 22.1. The summed E-state index contributed by atoms with van der Waals surface area (Å²) >= 11 is 0. The molecule has 8 heteroatoms. The number of likely N-dealkylation sites (N-methyl/N-ethyl adjacent to an activating group) is 1. The molecule has 0 bridgehead atoms. The first kappa shape index (κ1) is 23.2. The Balaban J connectivity index is 1.45. The number of hydrogen-bond donors (Lipinski definition) is 1. The molecule has 0 unspecified atom stereocenters. The van der Waals surface area contributed by atoms with Crippen molar-refractivity contribution in [2.75, 3.05) is 53.4 Å². The zero-order chi connectivity index (χ0) is 23.4. The number of pyridine rings is 1. The third-order valence-corrected chi connectivity index (χ3v) is 6.47. The number of fused-ring (bicyclic) bond motifs is 1. The van der Waals surface area contributed by atoms with E-state index in [2.05, 4.69) is 29.1 Å². The highest BCUT2D eigenvalue weighted by Gasteiger charge is 2.20. The number of piperazine rings is 1. The minimum atomic E-state index is 0.0578. The van der Waals surface area contributed by atoms with Crippen molar-refractivity contribution in [3.63, 3.8) is 0 Å². The second-order valence-corrected chi connectivity index (χ2v) is 8.75. The molecule has 0 atom stereocenters. The number of hydrogen-bond acceptors (Lipinski definition) is 6. The molecule has 2 aromatic heterocycles. The molecule has 3 aromatic rings. The van der Waals surface area contributed by atoms with Gasteiger partial charge in [0.1, 0.15) is 0 Å². The maximum atomic E-state index is 12.5. The number of rotatable bonds is 8. The molecule has 1 saturated heterocycles. The number of carbonyl (C=O) groups is 1. The zero-order valence-electron chi connectivity index (χ0n) is 20.1. The van der Waals surface area contributed by atoms with Gasteiger partial charge in [0.15, 0.2) is 5.65 Å². The van der Waals surface area contributed by atoms with Gasteiger partial charge in [0, 0.05) is 56.6 Å². The van der Waals surface area contributed by atoms with Crippen molar-refractivity contribution in [1.29, 1.82) is 0 Å². The summed E-state index contributed by atoms with van der Waals surface area (Å²) in [5.74, 6) is 0.615. The Morgan fingerprint density at radius 1 is 1.12 bits per heavy atom. The van der Waals surface area contributed by atoms with Gasteiger partial charge in [-0.15, -0.1) is 0 Å². The van der Waals surface area contributed by atoms with Crippen LogP contribution in [0.2, 0.25) is 0 Å². The van der Waals surface area contributed by atoms with Crippen LogP contribution >= 0.6 is 0 Å². The Morgan fingerprint density at radius 3 is 2.55 bits per heavy atom. The van der Waals surface area contributed by atoms with E-state index in [1.807, 2.05) is 41.9 Å². The number of aromatic nitrogens is 3. The molecule has 8 nitrogen and oxygen atoms in total. The van der Waals surface area contributed by atoms with E-state index >= 15 is 0 Å². The van der Waals surface area contributed by atoms with Crippen LogP contribution in [0, 0.1) is 13.8 Å². The minimum absolute atomic E-state index is 0.0578. The highest BCUT2D eigenvalue weighted by atomic mass is 16.5. The molecule has 1 N–H and O–H groups in total. The summed E-state index contributed by atoms with van der Waals surface area (Å²) in [6.45, 7) is 9.93. The van der Waals surface area contributed by atoms with Gasteiger partial charge in [-0.25, -0.2) is 4.68 Å².